The monoisotopic (exact) mass is 413 g/mol. The number of hydrogen-bond acceptors (Lipinski definition) is 4. The minimum atomic E-state index is -0.570. The number of amides is 2. The maximum Gasteiger partial charge on any atom is 0.274 e. The van der Waals surface area contributed by atoms with Crippen molar-refractivity contribution in [2.45, 2.75) is 71.5 Å². The molecule has 0 atom stereocenters. The van der Waals surface area contributed by atoms with Crippen LogP contribution in [0.5, 0.6) is 5.75 Å². The zero-order valence-corrected chi connectivity index (χ0v) is 17.8. The number of fused-ring (bicyclic) bond motifs is 1. The maximum absolute atomic E-state index is 13.3. The van der Waals surface area contributed by atoms with Crippen molar-refractivity contribution in [3.05, 3.63) is 27.7 Å². The van der Waals surface area contributed by atoms with Crippen LogP contribution in [0.4, 0.5) is 0 Å². The van der Waals surface area contributed by atoms with Crippen LogP contribution in [0, 0.1) is 23.2 Å². The second-order valence-corrected chi connectivity index (χ2v) is 10.3. The fourth-order valence-corrected chi connectivity index (χ4v) is 6.99. The van der Waals surface area contributed by atoms with Gasteiger partial charge in [-0.05, 0) is 70.1 Å². The summed E-state index contributed by atoms with van der Waals surface area (Å²) in [5.41, 5.74) is -0.190. The van der Waals surface area contributed by atoms with Crippen LogP contribution in [0.25, 0.3) is 0 Å². The standard InChI is InChI=1S/C23H31N3O4/c1-13(2)25-3-4-26-17(8-18(27)20(28)19(26)21(25)29)12-24-22(30)23-9-14-5-15(10-23)7-16(6-14)11-23/h8,13-16,28H,3-7,9-12H2,1-2H3,(H,24,30). The summed E-state index contributed by atoms with van der Waals surface area (Å²) < 4.78 is 1.71. The van der Waals surface area contributed by atoms with Crippen LogP contribution >= 0.6 is 0 Å². The Morgan fingerprint density at radius 2 is 1.73 bits per heavy atom. The van der Waals surface area contributed by atoms with Crippen molar-refractivity contribution in [3.8, 4) is 5.75 Å². The highest BCUT2D eigenvalue weighted by atomic mass is 16.3. The van der Waals surface area contributed by atoms with Crippen LogP contribution in [-0.2, 0) is 17.9 Å². The second-order valence-electron chi connectivity index (χ2n) is 10.3. The molecule has 0 unspecified atom stereocenters. The van der Waals surface area contributed by atoms with E-state index in [0.29, 0.717) is 36.5 Å². The average molecular weight is 414 g/mol. The molecule has 2 N–H and O–H groups in total. The van der Waals surface area contributed by atoms with E-state index in [9.17, 15) is 19.5 Å². The van der Waals surface area contributed by atoms with E-state index in [2.05, 4.69) is 5.32 Å². The van der Waals surface area contributed by atoms with E-state index < -0.39 is 11.2 Å². The van der Waals surface area contributed by atoms with Crippen molar-refractivity contribution in [1.29, 1.82) is 0 Å². The van der Waals surface area contributed by atoms with Gasteiger partial charge in [-0.1, -0.05) is 0 Å². The predicted octanol–water partition coefficient (Wildman–Crippen LogP) is 2.25. The molecule has 4 bridgehead atoms. The van der Waals surface area contributed by atoms with Gasteiger partial charge in [0.1, 0.15) is 0 Å². The largest absolute Gasteiger partial charge is 0.503 e. The molecule has 5 aliphatic rings. The van der Waals surface area contributed by atoms with Crippen molar-refractivity contribution in [2.75, 3.05) is 6.54 Å². The first-order valence-corrected chi connectivity index (χ1v) is 11.3. The SMILES string of the molecule is CC(C)N1CCn2c(CNC(=O)C34CC5CC(CC(C5)C3)C4)cc(=O)c(O)c2C1=O. The zero-order chi connectivity index (χ0) is 21.2. The molecule has 4 aliphatic carbocycles. The molecule has 30 heavy (non-hydrogen) atoms. The molecular weight excluding hydrogens is 382 g/mol. The molecule has 0 aromatic carbocycles. The highest BCUT2D eigenvalue weighted by Crippen LogP contribution is 2.60. The van der Waals surface area contributed by atoms with Crippen LogP contribution in [0.15, 0.2) is 10.9 Å². The van der Waals surface area contributed by atoms with Crippen molar-refractivity contribution < 1.29 is 14.7 Å². The van der Waals surface area contributed by atoms with Crippen molar-refractivity contribution in [2.24, 2.45) is 23.2 Å². The maximum atomic E-state index is 13.3. The van der Waals surface area contributed by atoms with E-state index in [0.717, 1.165) is 19.3 Å². The number of carbonyl (C=O) groups excluding carboxylic acids is 2. The Bertz CT molecular complexity index is 929. The van der Waals surface area contributed by atoms with Crippen LogP contribution in [0.1, 0.15) is 68.6 Å². The van der Waals surface area contributed by atoms with E-state index in [-0.39, 0.29) is 35.5 Å². The summed E-state index contributed by atoms with van der Waals surface area (Å²) >= 11 is 0. The number of nitrogens with one attached hydrogen (secondary N) is 1. The fraction of sp³-hybridized carbons (Fsp3) is 0.696. The molecule has 4 fully saturated rings. The smallest absolute Gasteiger partial charge is 0.274 e. The van der Waals surface area contributed by atoms with Gasteiger partial charge in [0.15, 0.2) is 11.4 Å². The Balaban J connectivity index is 1.39. The molecule has 1 aliphatic heterocycles. The normalized spacial score (nSPS) is 31.9. The first kappa shape index (κ1) is 19.6. The summed E-state index contributed by atoms with van der Waals surface area (Å²) in [5.74, 6) is 1.33. The van der Waals surface area contributed by atoms with Crippen LogP contribution in [-0.4, -0.2) is 39.0 Å². The third-order valence-electron chi connectivity index (χ3n) is 7.97. The van der Waals surface area contributed by atoms with E-state index in [4.69, 9.17) is 0 Å². The van der Waals surface area contributed by atoms with Gasteiger partial charge >= 0.3 is 0 Å². The minimum Gasteiger partial charge on any atom is -0.503 e. The Labute approximate surface area is 176 Å². The van der Waals surface area contributed by atoms with Gasteiger partial charge in [0.2, 0.25) is 11.3 Å². The van der Waals surface area contributed by atoms with Crippen LogP contribution in [0.2, 0.25) is 0 Å². The fourth-order valence-electron chi connectivity index (χ4n) is 6.99. The molecule has 162 valence electrons. The molecule has 1 aromatic heterocycles. The minimum absolute atomic E-state index is 0.0137. The topological polar surface area (TPSA) is 91.6 Å². The lowest BCUT2D eigenvalue weighted by Gasteiger charge is -2.55. The first-order chi connectivity index (χ1) is 14.3. The van der Waals surface area contributed by atoms with Gasteiger partial charge in [-0.3, -0.25) is 14.4 Å². The summed E-state index contributed by atoms with van der Waals surface area (Å²) in [6, 6.07) is 1.34. The van der Waals surface area contributed by atoms with Gasteiger partial charge in [0, 0.05) is 36.3 Å². The number of hydrogen-bond donors (Lipinski definition) is 2. The molecule has 4 saturated carbocycles. The van der Waals surface area contributed by atoms with Gasteiger partial charge in [0.05, 0.1) is 6.54 Å². The van der Waals surface area contributed by atoms with E-state index in [1.54, 1.807) is 9.47 Å². The molecule has 7 nitrogen and oxygen atoms in total. The molecule has 2 heterocycles. The quantitative estimate of drug-likeness (QED) is 0.792. The molecule has 7 heteroatoms. The van der Waals surface area contributed by atoms with Gasteiger partial charge < -0.3 is 19.9 Å². The molecule has 0 saturated heterocycles. The number of nitrogens with zero attached hydrogens (tertiary/aromatic N) is 2. The molecule has 0 radical (unpaired) electrons. The Hall–Kier alpha value is -2.31. The second kappa shape index (κ2) is 6.86. The van der Waals surface area contributed by atoms with Gasteiger partial charge in [-0.2, -0.15) is 0 Å². The molecule has 2 amide bonds. The number of aromatic hydroxyl groups is 1. The predicted molar refractivity (Wildman–Crippen MR) is 111 cm³/mol. The zero-order valence-electron chi connectivity index (χ0n) is 17.8. The van der Waals surface area contributed by atoms with E-state index >= 15 is 0 Å². The summed E-state index contributed by atoms with van der Waals surface area (Å²) in [4.78, 5) is 40.2. The van der Waals surface area contributed by atoms with Crippen molar-refractivity contribution in [3.63, 3.8) is 0 Å². The van der Waals surface area contributed by atoms with Gasteiger partial charge in [-0.25, -0.2) is 0 Å². The van der Waals surface area contributed by atoms with Crippen LogP contribution < -0.4 is 10.7 Å². The lowest BCUT2D eigenvalue weighted by Crippen LogP contribution is -2.53. The van der Waals surface area contributed by atoms with Gasteiger partial charge in [0.25, 0.3) is 5.91 Å². The van der Waals surface area contributed by atoms with Crippen LogP contribution in [0.3, 0.4) is 0 Å². The lowest BCUT2D eigenvalue weighted by molar-refractivity contribution is -0.146. The summed E-state index contributed by atoms with van der Waals surface area (Å²) in [5, 5.41) is 13.4. The Morgan fingerprint density at radius 1 is 1.13 bits per heavy atom. The van der Waals surface area contributed by atoms with Gasteiger partial charge in [-0.15, -0.1) is 0 Å². The van der Waals surface area contributed by atoms with Crippen molar-refractivity contribution >= 4 is 11.8 Å². The van der Waals surface area contributed by atoms with E-state index in [1.165, 1.54) is 25.3 Å². The highest BCUT2D eigenvalue weighted by Gasteiger charge is 2.54. The lowest BCUT2D eigenvalue weighted by atomic mass is 9.49. The first-order valence-electron chi connectivity index (χ1n) is 11.3. The molecule has 6 rings (SSSR count). The average Bonchev–Trinajstić information content (AvgIpc) is 2.68. The third kappa shape index (κ3) is 2.96. The number of aromatic nitrogens is 1. The summed E-state index contributed by atoms with van der Waals surface area (Å²) in [7, 11) is 0. The summed E-state index contributed by atoms with van der Waals surface area (Å²) in [6.07, 6.45) is 6.80. The Morgan fingerprint density at radius 3 is 2.30 bits per heavy atom. The summed E-state index contributed by atoms with van der Waals surface area (Å²) in [6.45, 7) is 5.05. The molecular formula is C23H31N3O4. The van der Waals surface area contributed by atoms with Crippen molar-refractivity contribution in [1.82, 2.24) is 14.8 Å². The third-order valence-corrected chi connectivity index (χ3v) is 7.97. The number of pyridine rings is 1. The number of rotatable bonds is 4. The highest BCUT2D eigenvalue weighted by molar-refractivity contribution is 5.96. The molecule has 0 spiro atoms. The molecule has 1 aromatic rings. The van der Waals surface area contributed by atoms with E-state index in [1.807, 2.05) is 13.8 Å². The Kier molecular flexibility index (Phi) is 4.49. The number of carbonyl (C=O) groups is 2.